The van der Waals surface area contributed by atoms with Crippen LogP contribution in [0.4, 0.5) is 0 Å². The number of rotatable bonds is 76. The zero-order chi connectivity index (χ0) is 66.4. The fourth-order valence-electron chi connectivity index (χ4n) is 14.1. The van der Waals surface area contributed by atoms with Gasteiger partial charge in [-0.1, -0.05) is 443 Å². The molecule has 1 aliphatic heterocycles. The molecule has 1 amide bonds. The van der Waals surface area contributed by atoms with Gasteiger partial charge in [0.15, 0.2) is 6.29 Å². The van der Waals surface area contributed by atoms with E-state index < -0.39 is 49.5 Å². The maximum Gasteiger partial charge on any atom is 0.220 e. The van der Waals surface area contributed by atoms with E-state index >= 15 is 0 Å². The molecule has 6 N–H and O–H groups in total. The van der Waals surface area contributed by atoms with E-state index in [1.807, 2.05) is 6.08 Å². The van der Waals surface area contributed by atoms with Crippen LogP contribution in [-0.4, -0.2) is 87.5 Å². The molecule has 9 heteroatoms. The van der Waals surface area contributed by atoms with Gasteiger partial charge in [-0.25, -0.2) is 0 Å². The molecule has 1 aliphatic rings. The van der Waals surface area contributed by atoms with E-state index in [-0.39, 0.29) is 12.5 Å². The summed E-state index contributed by atoms with van der Waals surface area (Å²) in [5.41, 5.74) is 0. The minimum Gasteiger partial charge on any atom is -0.394 e. The van der Waals surface area contributed by atoms with Crippen LogP contribution < -0.4 is 5.32 Å². The lowest BCUT2D eigenvalue weighted by Gasteiger charge is -2.40. The molecule has 0 spiro atoms. The molecular weight excluding hydrogens is 1140 g/mol. The van der Waals surface area contributed by atoms with Gasteiger partial charge in [-0.05, 0) is 19.3 Å². The second-order valence-corrected chi connectivity index (χ2v) is 29.6. The Morgan fingerprint density at radius 3 is 0.848 bits per heavy atom. The van der Waals surface area contributed by atoms with Gasteiger partial charge < -0.3 is 40.3 Å². The Balaban J connectivity index is 2.02. The molecule has 0 aromatic carbocycles. The van der Waals surface area contributed by atoms with Gasteiger partial charge in [-0.2, -0.15) is 0 Å². The van der Waals surface area contributed by atoms with Crippen molar-refractivity contribution < 1.29 is 39.8 Å². The number of allylic oxidation sites excluding steroid dienone is 1. The molecule has 548 valence electrons. The van der Waals surface area contributed by atoms with E-state index in [1.165, 1.54) is 398 Å². The van der Waals surface area contributed by atoms with E-state index in [0.717, 1.165) is 38.5 Å². The van der Waals surface area contributed by atoms with E-state index in [4.69, 9.17) is 9.47 Å². The average molecular weight is 1300 g/mol. The Bertz CT molecular complexity index is 1460. The van der Waals surface area contributed by atoms with E-state index in [2.05, 4.69) is 19.2 Å². The Hall–Kier alpha value is -1.07. The SMILES string of the molecule is CCCCCCCCCCCCCCCCCCCCCCCCCCCC/C=C/C(O)C(COC1OC(CO)C(O)C(O)C1O)NC(=O)CCCCCCCCCCCCCCCCCCCCCCCCCCCCCCCCCCCCCCCCCCC. The van der Waals surface area contributed by atoms with E-state index in [0.29, 0.717) is 6.42 Å². The van der Waals surface area contributed by atoms with Gasteiger partial charge in [0.2, 0.25) is 5.91 Å². The molecule has 7 unspecified atom stereocenters. The Labute approximate surface area is 573 Å². The van der Waals surface area contributed by atoms with Crippen LogP contribution in [0.5, 0.6) is 0 Å². The second-order valence-electron chi connectivity index (χ2n) is 29.6. The fourth-order valence-corrected chi connectivity index (χ4v) is 14.1. The van der Waals surface area contributed by atoms with Crippen LogP contribution in [0, 0.1) is 0 Å². The lowest BCUT2D eigenvalue weighted by atomic mass is 9.99. The summed E-state index contributed by atoms with van der Waals surface area (Å²) >= 11 is 0. The summed E-state index contributed by atoms with van der Waals surface area (Å²) in [6.45, 7) is 3.86. The third kappa shape index (κ3) is 60.1. The van der Waals surface area contributed by atoms with Gasteiger partial charge in [0, 0.05) is 6.42 Å². The van der Waals surface area contributed by atoms with Crippen LogP contribution in [0.2, 0.25) is 0 Å². The standard InChI is InChI=1S/C83H163NO8/c1-3-5-7-9-11-13-15-17-19-21-23-25-27-29-31-33-34-35-36-37-38-39-40-41-42-43-44-45-47-49-51-53-55-57-59-61-63-65-67-69-71-73-79(87)84-76(75-91-83-82(90)81(89)80(88)78(74-85)92-83)77(86)72-70-68-66-64-62-60-58-56-54-52-50-48-46-32-30-28-26-24-22-20-18-16-14-12-10-8-6-4-2/h70,72,76-78,80-83,85-86,88-90H,3-69,71,73-75H2,1-2H3,(H,84,87)/b72-70+. The van der Waals surface area contributed by atoms with Gasteiger partial charge in [-0.15, -0.1) is 0 Å². The van der Waals surface area contributed by atoms with Crippen molar-refractivity contribution in [3.63, 3.8) is 0 Å². The second kappa shape index (κ2) is 72.7. The van der Waals surface area contributed by atoms with Gasteiger partial charge in [0.05, 0.1) is 25.4 Å². The maximum absolute atomic E-state index is 13.2. The van der Waals surface area contributed by atoms with Gasteiger partial charge in [0.25, 0.3) is 0 Å². The summed E-state index contributed by atoms with van der Waals surface area (Å²) < 4.78 is 11.4. The summed E-state index contributed by atoms with van der Waals surface area (Å²) in [5, 5.41) is 54.9. The normalized spacial score (nSPS) is 17.6. The molecule has 1 fully saturated rings. The number of carbonyl (C=O) groups is 1. The first-order chi connectivity index (χ1) is 45.3. The zero-order valence-electron chi connectivity index (χ0n) is 61.9. The number of hydrogen-bond donors (Lipinski definition) is 6. The molecule has 0 aromatic heterocycles. The molecule has 92 heavy (non-hydrogen) atoms. The number of aliphatic hydroxyl groups is 5. The van der Waals surface area contributed by atoms with E-state index in [9.17, 15) is 30.3 Å². The van der Waals surface area contributed by atoms with E-state index in [1.54, 1.807) is 6.08 Å². The number of nitrogens with one attached hydrogen (secondary N) is 1. The summed E-state index contributed by atoms with van der Waals surface area (Å²) in [6.07, 6.45) is 89.6. The van der Waals surface area contributed by atoms with Crippen molar-refractivity contribution in [1.82, 2.24) is 5.32 Å². The number of aliphatic hydroxyl groups excluding tert-OH is 5. The quantitative estimate of drug-likeness (QED) is 0.0261. The molecule has 0 bridgehead atoms. The van der Waals surface area contributed by atoms with Crippen molar-refractivity contribution in [1.29, 1.82) is 0 Å². The molecule has 0 saturated carbocycles. The van der Waals surface area contributed by atoms with Crippen molar-refractivity contribution in [2.75, 3.05) is 13.2 Å². The predicted molar refractivity (Wildman–Crippen MR) is 397 cm³/mol. The summed E-state index contributed by atoms with van der Waals surface area (Å²) in [5.74, 6) is -0.165. The van der Waals surface area contributed by atoms with Crippen molar-refractivity contribution in [3.8, 4) is 0 Å². The highest BCUT2D eigenvalue weighted by molar-refractivity contribution is 5.76. The van der Waals surface area contributed by atoms with Crippen LogP contribution in [0.3, 0.4) is 0 Å². The first kappa shape index (κ1) is 88.9. The highest BCUT2D eigenvalue weighted by Gasteiger charge is 2.44. The smallest absolute Gasteiger partial charge is 0.220 e. The molecule has 9 nitrogen and oxygen atoms in total. The van der Waals surface area contributed by atoms with Crippen molar-refractivity contribution in [2.45, 2.75) is 500 Å². The van der Waals surface area contributed by atoms with Crippen molar-refractivity contribution in [2.24, 2.45) is 0 Å². The van der Waals surface area contributed by atoms with Gasteiger partial charge in [0.1, 0.15) is 24.4 Å². The fraction of sp³-hybridized carbons (Fsp3) is 0.964. The summed E-state index contributed by atoms with van der Waals surface area (Å²) in [7, 11) is 0. The Morgan fingerprint density at radius 2 is 0.598 bits per heavy atom. The number of unbranched alkanes of at least 4 members (excludes halogenated alkanes) is 66. The molecule has 0 aliphatic carbocycles. The summed E-state index contributed by atoms with van der Waals surface area (Å²) in [4.78, 5) is 13.2. The molecule has 0 aromatic rings. The van der Waals surface area contributed by atoms with Crippen LogP contribution >= 0.6 is 0 Å². The van der Waals surface area contributed by atoms with Crippen LogP contribution in [0.15, 0.2) is 12.2 Å². The topological polar surface area (TPSA) is 149 Å². The third-order valence-electron chi connectivity index (χ3n) is 20.6. The highest BCUT2D eigenvalue weighted by atomic mass is 16.7. The number of amides is 1. The van der Waals surface area contributed by atoms with Gasteiger partial charge in [-0.3, -0.25) is 4.79 Å². The lowest BCUT2D eigenvalue weighted by Crippen LogP contribution is -2.60. The minimum absolute atomic E-state index is 0.165. The Morgan fingerprint density at radius 1 is 0.359 bits per heavy atom. The Kier molecular flexibility index (Phi) is 70.3. The highest BCUT2D eigenvalue weighted by Crippen LogP contribution is 2.24. The van der Waals surface area contributed by atoms with Crippen LogP contribution in [0.25, 0.3) is 0 Å². The molecule has 0 radical (unpaired) electrons. The molecule has 1 heterocycles. The molecule has 1 saturated heterocycles. The zero-order valence-corrected chi connectivity index (χ0v) is 61.9. The average Bonchev–Trinajstić information content (AvgIpc) is 1.01. The molecule has 7 atom stereocenters. The monoisotopic (exact) mass is 1300 g/mol. The first-order valence-electron chi connectivity index (χ1n) is 41.9. The van der Waals surface area contributed by atoms with Crippen molar-refractivity contribution in [3.05, 3.63) is 12.2 Å². The number of carbonyl (C=O) groups excluding carboxylic acids is 1. The predicted octanol–water partition coefficient (Wildman–Crippen LogP) is 24.2. The maximum atomic E-state index is 13.2. The molecular formula is C83H163NO8. The summed E-state index contributed by atoms with van der Waals surface area (Å²) in [6, 6.07) is -0.803. The number of hydrogen-bond acceptors (Lipinski definition) is 8. The van der Waals surface area contributed by atoms with Crippen molar-refractivity contribution >= 4 is 5.91 Å². The third-order valence-corrected chi connectivity index (χ3v) is 20.6. The van der Waals surface area contributed by atoms with Crippen LogP contribution in [0.1, 0.15) is 457 Å². The molecule has 1 rings (SSSR count). The first-order valence-corrected chi connectivity index (χ1v) is 41.9. The minimum atomic E-state index is -1.57. The largest absolute Gasteiger partial charge is 0.394 e. The lowest BCUT2D eigenvalue weighted by molar-refractivity contribution is -0.302. The van der Waals surface area contributed by atoms with Crippen LogP contribution in [-0.2, 0) is 14.3 Å². The number of ether oxygens (including phenoxy) is 2. The van der Waals surface area contributed by atoms with Gasteiger partial charge >= 0.3 is 0 Å².